The highest BCUT2D eigenvalue weighted by atomic mass is 19.3. The van der Waals surface area contributed by atoms with Crippen LogP contribution in [0.3, 0.4) is 0 Å². The molecule has 1 heterocycles. The number of pyridine rings is 1. The van der Waals surface area contributed by atoms with E-state index in [0.29, 0.717) is 24.3 Å². The molecular weight excluding hydrogens is 316 g/mol. The fourth-order valence-electron chi connectivity index (χ4n) is 2.48. The molecular formula is C17H23F2N3O2. The van der Waals surface area contributed by atoms with Gasteiger partial charge in [-0.3, -0.25) is 9.78 Å². The number of nitriles is 1. The molecule has 7 heteroatoms. The maximum atomic E-state index is 13.2. The Morgan fingerprint density at radius 1 is 1.42 bits per heavy atom. The number of alkyl halides is 2. The largest absolute Gasteiger partial charge is 0.492 e. The molecule has 0 bridgehead atoms. The highest BCUT2D eigenvalue weighted by Gasteiger charge is 2.41. The first-order chi connectivity index (χ1) is 11.2. The van der Waals surface area contributed by atoms with Gasteiger partial charge in [0.1, 0.15) is 22.8 Å². The second-order valence-corrected chi connectivity index (χ2v) is 6.01. The Bertz CT molecular complexity index is 627. The molecule has 0 saturated heterocycles. The summed E-state index contributed by atoms with van der Waals surface area (Å²) in [6.45, 7) is 6.38. The minimum atomic E-state index is -2.78. The van der Waals surface area contributed by atoms with E-state index >= 15 is 0 Å². The number of aromatic nitrogens is 1. The molecule has 1 aromatic heterocycles. The lowest BCUT2D eigenvalue weighted by atomic mass is 9.90. The van der Waals surface area contributed by atoms with Crippen LogP contribution in [0.25, 0.3) is 0 Å². The predicted molar refractivity (Wildman–Crippen MR) is 85.7 cm³/mol. The van der Waals surface area contributed by atoms with Gasteiger partial charge in [0.25, 0.3) is 6.43 Å². The van der Waals surface area contributed by atoms with Crippen molar-refractivity contribution in [1.29, 1.82) is 5.26 Å². The number of amides is 1. The topological polar surface area (TPSA) is 66.2 Å². The van der Waals surface area contributed by atoms with Crippen molar-refractivity contribution < 1.29 is 18.3 Å². The van der Waals surface area contributed by atoms with E-state index in [2.05, 4.69) is 4.98 Å². The number of carbonyl (C=O) groups excluding carboxylic acids is 1. The SMILES string of the molecule is CCOc1c(C#N)cncc1[C@@H](CC)N(C)C(=O)C(C)(C)C(F)F. The van der Waals surface area contributed by atoms with Gasteiger partial charge in [0.05, 0.1) is 12.6 Å². The van der Waals surface area contributed by atoms with Gasteiger partial charge in [-0.1, -0.05) is 6.92 Å². The van der Waals surface area contributed by atoms with Crippen molar-refractivity contribution in [1.82, 2.24) is 9.88 Å². The zero-order valence-electron chi connectivity index (χ0n) is 14.6. The van der Waals surface area contributed by atoms with Crippen LogP contribution < -0.4 is 4.74 Å². The predicted octanol–water partition coefficient (Wildman–Crippen LogP) is 3.55. The highest BCUT2D eigenvalue weighted by Crippen LogP contribution is 2.36. The molecule has 1 rings (SSSR count). The van der Waals surface area contributed by atoms with Gasteiger partial charge in [0, 0.05) is 25.0 Å². The third kappa shape index (κ3) is 3.81. The molecule has 0 aromatic carbocycles. The number of ether oxygens (including phenoxy) is 1. The van der Waals surface area contributed by atoms with Crippen LogP contribution in [-0.4, -0.2) is 35.9 Å². The Morgan fingerprint density at radius 2 is 2.04 bits per heavy atom. The number of hydrogen-bond acceptors (Lipinski definition) is 4. The maximum Gasteiger partial charge on any atom is 0.252 e. The smallest absolute Gasteiger partial charge is 0.252 e. The van der Waals surface area contributed by atoms with Crippen LogP contribution in [0.1, 0.15) is 51.3 Å². The first-order valence-corrected chi connectivity index (χ1v) is 7.78. The summed E-state index contributed by atoms with van der Waals surface area (Å²) in [5.74, 6) is -0.328. The van der Waals surface area contributed by atoms with Crippen molar-refractivity contribution >= 4 is 5.91 Å². The van der Waals surface area contributed by atoms with Crippen LogP contribution in [0.15, 0.2) is 12.4 Å². The lowest BCUT2D eigenvalue weighted by Gasteiger charge is -2.34. The Morgan fingerprint density at radius 3 is 2.50 bits per heavy atom. The van der Waals surface area contributed by atoms with Crippen molar-refractivity contribution in [2.45, 2.75) is 46.6 Å². The molecule has 1 amide bonds. The number of carbonyl (C=O) groups is 1. The monoisotopic (exact) mass is 339 g/mol. The van der Waals surface area contributed by atoms with E-state index in [9.17, 15) is 18.8 Å². The van der Waals surface area contributed by atoms with E-state index in [-0.39, 0.29) is 5.56 Å². The molecule has 1 atom stereocenters. The van der Waals surface area contributed by atoms with Crippen molar-refractivity contribution in [3.05, 3.63) is 23.5 Å². The minimum Gasteiger partial charge on any atom is -0.492 e. The van der Waals surface area contributed by atoms with Crippen LogP contribution in [0, 0.1) is 16.7 Å². The molecule has 0 unspecified atom stereocenters. The Balaban J connectivity index is 3.32. The average molecular weight is 339 g/mol. The Hall–Kier alpha value is -2.23. The molecule has 0 aliphatic carbocycles. The quantitative estimate of drug-likeness (QED) is 0.762. The normalized spacial score (nSPS) is 12.6. The number of nitrogens with zero attached hydrogens (tertiary/aromatic N) is 3. The first kappa shape index (κ1) is 19.8. The summed E-state index contributed by atoms with van der Waals surface area (Å²) >= 11 is 0. The van der Waals surface area contributed by atoms with E-state index in [1.165, 1.54) is 38.2 Å². The standard InChI is InChI=1S/C17H23F2N3O2/c1-6-13(22(5)16(23)17(3,4)15(18)19)12-10-21-9-11(8-20)14(12)24-7-2/h9-10,13,15H,6-7H2,1-5H3/t13-/m1/s1. The summed E-state index contributed by atoms with van der Waals surface area (Å²) in [4.78, 5) is 17.8. The van der Waals surface area contributed by atoms with Crippen LogP contribution in [0.4, 0.5) is 8.78 Å². The first-order valence-electron chi connectivity index (χ1n) is 7.78. The van der Waals surface area contributed by atoms with Gasteiger partial charge in [-0.2, -0.15) is 5.26 Å². The molecule has 0 aliphatic rings. The summed E-state index contributed by atoms with van der Waals surface area (Å²) in [6.07, 6.45) is 0.587. The molecule has 132 valence electrons. The van der Waals surface area contributed by atoms with E-state index < -0.39 is 23.8 Å². The van der Waals surface area contributed by atoms with Gasteiger partial charge >= 0.3 is 0 Å². The summed E-state index contributed by atoms with van der Waals surface area (Å²) in [7, 11) is 1.48. The van der Waals surface area contributed by atoms with Crippen LogP contribution >= 0.6 is 0 Å². The van der Waals surface area contributed by atoms with E-state index in [1.54, 1.807) is 6.92 Å². The van der Waals surface area contributed by atoms with Crippen molar-refractivity contribution in [3.8, 4) is 11.8 Å². The molecule has 0 aliphatic heterocycles. The zero-order chi connectivity index (χ0) is 18.5. The van der Waals surface area contributed by atoms with Gasteiger partial charge in [-0.05, 0) is 27.2 Å². The Labute approximate surface area is 141 Å². The van der Waals surface area contributed by atoms with E-state index in [1.807, 2.05) is 13.0 Å². The second-order valence-electron chi connectivity index (χ2n) is 6.01. The third-order valence-electron chi connectivity index (χ3n) is 3.96. The van der Waals surface area contributed by atoms with Crippen LogP contribution in [0.5, 0.6) is 5.75 Å². The molecule has 24 heavy (non-hydrogen) atoms. The van der Waals surface area contributed by atoms with E-state index in [4.69, 9.17) is 4.74 Å². The fraction of sp³-hybridized carbons (Fsp3) is 0.588. The lowest BCUT2D eigenvalue weighted by molar-refractivity contribution is -0.150. The summed E-state index contributed by atoms with van der Waals surface area (Å²) in [5, 5.41) is 9.22. The summed E-state index contributed by atoms with van der Waals surface area (Å²) in [5.41, 5.74) is -1.00. The van der Waals surface area contributed by atoms with Crippen LogP contribution in [-0.2, 0) is 4.79 Å². The highest BCUT2D eigenvalue weighted by molar-refractivity contribution is 5.82. The molecule has 1 aromatic rings. The third-order valence-corrected chi connectivity index (χ3v) is 3.96. The average Bonchev–Trinajstić information content (AvgIpc) is 2.55. The Kier molecular flexibility index (Phi) is 6.64. The summed E-state index contributed by atoms with van der Waals surface area (Å²) in [6, 6.07) is 1.49. The van der Waals surface area contributed by atoms with Gasteiger partial charge < -0.3 is 9.64 Å². The number of rotatable bonds is 7. The molecule has 0 radical (unpaired) electrons. The maximum absolute atomic E-state index is 13.2. The van der Waals surface area contributed by atoms with Crippen molar-refractivity contribution in [2.75, 3.05) is 13.7 Å². The van der Waals surface area contributed by atoms with E-state index in [0.717, 1.165) is 0 Å². The van der Waals surface area contributed by atoms with Gasteiger partial charge in [0.15, 0.2) is 0 Å². The molecule has 0 N–H and O–H groups in total. The molecule has 5 nitrogen and oxygen atoms in total. The minimum absolute atomic E-state index is 0.252. The van der Waals surface area contributed by atoms with Gasteiger partial charge in [-0.25, -0.2) is 8.78 Å². The molecule has 0 fully saturated rings. The molecule has 0 saturated carbocycles. The lowest BCUT2D eigenvalue weighted by Crippen LogP contribution is -2.44. The summed E-state index contributed by atoms with van der Waals surface area (Å²) < 4.78 is 31.9. The molecule has 0 spiro atoms. The van der Waals surface area contributed by atoms with Crippen LogP contribution in [0.2, 0.25) is 0 Å². The number of hydrogen-bond donors (Lipinski definition) is 0. The number of halogens is 2. The van der Waals surface area contributed by atoms with Gasteiger partial charge in [-0.15, -0.1) is 0 Å². The fourth-order valence-corrected chi connectivity index (χ4v) is 2.48. The zero-order valence-corrected chi connectivity index (χ0v) is 14.6. The van der Waals surface area contributed by atoms with Crippen molar-refractivity contribution in [3.63, 3.8) is 0 Å². The van der Waals surface area contributed by atoms with Gasteiger partial charge in [0.2, 0.25) is 5.91 Å². The second kappa shape index (κ2) is 8.04. The van der Waals surface area contributed by atoms with Crippen molar-refractivity contribution in [2.24, 2.45) is 5.41 Å².